The number of halogens is 2. The minimum absolute atomic E-state index is 0.0505. The summed E-state index contributed by atoms with van der Waals surface area (Å²) in [6, 6.07) is 16.7. The molecule has 0 bridgehead atoms. The molecule has 0 aliphatic heterocycles. The van der Waals surface area contributed by atoms with Crippen molar-refractivity contribution in [2.24, 2.45) is 0 Å². The lowest BCUT2D eigenvalue weighted by Gasteiger charge is -2.11. The third-order valence-corrected chi connectivity index (χ3v) is 5.72. The summed E-state index contributed by atoms with van der Waals surface area (Å²) in [5.41, 5.74) is 2.02. The first-order valence-electron chi connectivity index (χ1n) is 9.52. The highest BCUT2D eigenvalue weighted by atomic mass is 79.9. The summed E-state index contributed by atoms with van der Waals surface area (Å²) in [6.07, 6.45) is -0.182. The van der Waals surface area contributed by atoms with Crippen molar-refractivity contribution < 1.29 is 19.1 Å². The van der Waals surface area contributed by atoms with Crippen molar-refractivity contribution in [1.82, 2.24) is 0 Å². The van der Waals surface area contributed by atoms with Crippen molar-refractivity contribution in [1.29, 1.82) is 0 Å². The van der Waals surface area contributed by atoms with Gasteiger partial charge in [0.05, 0.1) is 11.4 Å². The van der Waals surface area contributed by atoms with Crippen LogP contribution in [0.2, 0.25) is 5.02 Å². The van der Waals surface area contributed by atoms with Crippen LogP contribution in [-0.4, -0.2) is 24.4 Å². The van der Waals surface area contributed by atoms with E-state index in [4.69, 9.17) is 16.3 Å². The molecule has 0 aliphatic rings. The minimum atomic E-state index is -0.631. The van der Waals surface area contributed by atoms with Crippen LogP contribution in [0.3, 0.4) is 0 Å². The van der Waals surface area contributed by atoms with Crippen LogP contribution in [0.25, 0.3) is 10.8 Å². The number of benzene rings is 3. The van der Waals surface area contributed by atoms with Crippen LogP contribution in [0.15, 0.2) is 59.1 Å². The molecule has 31 heavy (non-hydrogen) atoms. The van der Waals surface area contributed by atoms with Gasteiger partial charge in [-0.05, 0) is 52.0 Å². The molecular weight excluding hydrogens is 484 g/mol. The van der Waals surface area contributed by atoms with Crippen LogP contribution in [-0.2, 0) is 19.1 Å². The standard InChI is InChI=1S/C23H20BrClN2O4/c1-14-11-17(24)18(25)12-20(14)27-22(29)13-31-23(30)10-9-21(28)26-19-8-4-6-15-5-2-3-7-16(15)19/h2-8,11-12H,9-10,13H2,1H3,(H,26,28)(H,27,29). The minimum Gasteiger partial charge on any atom is -0.456 e. The number of esters is 1. The lowest BCUT2D eigenvalue weighted by atomic mass is 10.1. The van der Waals surface area contributed by atoms with Gasteiger partial charge in [0, 0.05) is 27.7 Å². The second-order valence-electron chi connectivity index (χ2n) is 6.86. The molecule has 0 spiro atoms. The Morgan fingerprint density at radius 1 is 0.935 bits per heavy atom. The Morgan fingerprint density at radius 2 is 1.65 bits per heavy atom. The molecule has 0 saturated carbocycles. The molecule has 160 valence electrons. The largest absolute Gasteiger partial charge is 0.456 e. The fourth-order valence-electron chi connectivity index (χ4n) is 2.95. The van der Waals surface area contributed by atoms with E-state index in [-0.39, 0.29) is 18.7 Å². The Morgan fingerprint density at radius 3 is 2.45 bits per heavy atom. The van der Waals surface area contributed by atoms with E-state index in [1.807, 2.05) is 43.3 Å². The van der Waals surface area contributed by atoms with Gasteiger partial charge in [-0.1, -0.05) is 48.0 Å². The molecule has 3 rings (SSSR count). The fourth-order valence-corrected chi connectivity index (χ4v) is 3.57. The molecule has 3 aromatic carbocycles. The molecule has 0 aliphatic carbocycles. The van der Waals surface area contributed by atoms with Crippen molar-refractivity contribution in [3.05, 3.63) is 69.7 Å². The summed E-state index contributed by atoms with van der Waals surface area (Å²) in [6.45, 7) is 1.37. The number of carbonyl (C=O) groups is 3. The van der Waals surface area contributed by atoms with E-state index < -0.39 is 18.5 Å². The Balaban J connectivity index is 1.45. The van der Waals surface area contributed by atoms with Gasteiger partial charge in [-0.25, -0.2) is 0 Å². The van der Waals surface area contributed by atoms with Gasteiger partial charge < -0.3 is 15.4 Å². The Bertz CT molecular complexity index is 1140. The molecule has 6 nitrogen and oxygen atoms in total. The van der Waals surface area contributed by atoms with Gasteiger partial charge in [-0.3, -0.25) is 14.4 Å². The van der Waals surface area contributed by atoms with Gasteiger partial charge in [0.25, 0.3) is 5.91 Å². The van der Waals surface area contributed by atoms with Crippen molar-refractivity contribution in [3.63, 3.8) is 0 Å². The number of amides is 2. The molecule has 0 fully saturated rings. The molecule has 0 aromatic heterocycles. The number of anilines is 2. The van der Waals surface area contributed by atoms with Crippen LogP contribution in [0.5, 0.6) is 0 Å². The topological polar surface area (TPSA) is 84.5 Å². The number of ether oxygens (including phenoxy) is 1. The number of hydrogen-bond donors (Lipinski definition) is 2. The maximum absolute atomic E-state index is 12.2. The normalized spacial score (nSPS) is 10.5. The van der Waals surface area contributed by atoms with E-state index in [1.54, 1.807) is 18.2 Å². The lowest BCUT2D eigenvalue weighted by Crippen LogP contribution is -2.22. The summed E-state index contributed by atoms with van der Waals surface area (Å²) >= 11 is 9.35. The first-order valence-corrected chi connectivity index (χ1v) is 10.7. The van der Waals surface area contributed by atoms with Gasteiger partial charge in [0.1, 0.15) is 0 Å². The van der Waals surface area contributed by atoms with E-state index in [2.05, 4.69) is 26.6 Å². The third kappa shape index (κ3) is 6.29. The number of rotatable bonds is 7. The quantitative estimate of drug-likeness (QED) is 0.419. The monoisotopic (exact) mass is 502 g/mol. The zero-order chi connectivity index (χ0) is 22.4. The summed E-state index contributed by atoms with van der Waals surface area (Å²) < 4.78 is 5.69. The zero-order valence-corrected chi connectivity index (χ0v) is 19.0. The SMILES string of the molecule is Cc1cc(Br)c(Cl)cc1NC(=O)COC(=O)CCC(=O)Nc1cccc2ccccc12. The van der Waals surface area contributed by atoms with E-state index in [0.717, 1.165) is 20.8 Å². The first-order chi connectivity index (χ1) is 14.8. The fraction of sp³-hybridized carbons (Fsp3) is 0.174. The maximum Gasteiger partial charge on any atom is 0.306 e. The van der Waals surface area contributed by atoms with E-state index in [1.165, 1.54) is 0 Å². The van der Waals surface area contributed by atoms with Gasteiger partial charge in [0.2, 0.25) is 5.91 Å². The van der Waals surface area contributed by atoms with Crippen molar-refractivity contribution in [2.45, 2.75) is 19.8 Å². The Kier molecular flexibility index (Phi) is 7.65. The number of hydrogen-bond acceptors (Lipinski definition) is 4. The van der Waals surface area contributed by atoms with Gasteiger partial charge in [0.15, 0.2) is 6.61 Å². The molecule has 0 unspecified atom stereocenters. The second-order valence-corrected chi connectivity index (χ2v) is 8.13. The van der Waals surface area contributed by atoms with Crippen LogP contribution in [0.1, 0.15) is 18.4 Å². The predicted molar refractivity (Wildman–Crippen MR) is 125 cm³/mol. The lowest BCUT2D eigenvalue weighted by molar-refractivity contribution is -0.147. The molecule has 0 radical (unpaired) electrons. The number of fused-ring (bicyclic) bond motifs is 1. The average Bonchev–Trinajstić information content (AvgIpc) is 2.75. The summed E-state index contributed by atoms with van der Waals surface area (Å²) in [5.74, 6) is -1.43. The van der Waals surface area contributed by atoms with Gasteiger partial charge >= 0.3 is 5.97 Å². The van der Waals surface area contributed by atoms with Crippen molar-refractivity contribution in [2.75, 3.05) is 17.2 Å². The Labute approximate surface area is 193 Å². The molecule has 2 amide bonds. The highest BCUT2D eigenvalue weighted by molar-refractivity contribution is 9.10. The number of carbonyl (C=O) groups excluding carboxylic acids is 3. The molecule has 0 atom stereocenters. The molecule has 0 heterocycles. The average molecular weight is 504 g/mol. The van der Waals surface area contributed by atoms with Gasteiger partial charge in [-0.15, -0.1) is 0 Å². The van der Waals surface area contributed by atoms with Gasteiger partial charge in [-0.2, -0.15) is 0 Å². The Hall–Kier alpha value is -2.90. The smallest absolute Gasteiger partial charge is 0.306 e. The number of nitrogens with one attached hydrogen (secondary N) is 2. The highest BCUT2D eigenvalue weighted by Gasteiger charge is 2.13. The molecule has 0 saturated heterocycles. The summed E-state index contributed by atoms with van der Waals surface area (Å²) in [7, 11) is 0. The van der Waals surface area contributed by atoms with E-state index in [0.29, 0.717) is 16.4 Å². The summed E-state index contributed by atoms with van der Waals surface area (Å²) in [5, 5.41) is 7.84. The van der Waals surface area contributed by atoms with Crippen molar-refractivity contribution in [3.8, 4) is 0 Å². The summed E-state index contributed by atoms with van der Waals surface area (Å²) in [4.78, 5) is 36.2. The zero-order valence-electron chi connectivity index (χ0n) is 16.7. The number of aryl methyl sites for hydroxylation is 1. The highest BCUT2D eigenvalue weighted by Crippen LogP contribution is 2.29. The first kappa shape index (κ1) is 22.8. The third-order valence-electron chi connectivity index (χ3n) is 4.53. The van der Waals surface area contributed by atoms with E-state index >= 15 is 0 Å². The molecule has 2 N–H and O–H groups in total. The molecule has 8 heteroatoms. The maximum atomic E-state index is 12.2. The van der Waals surface area contributed by atoms with E-state index in [9.17, 15) is 14.4 Å². The van der Waals surface area contributed by atoms with Crippen LogP contribution in [0.4, 0.5) is 11.4 Å². The van der Waals surface area contributed by atoms with Crippen LogP contribution in [0, 0.1) is 6.92 Å². The molecular formula is C23H20BrClN2O4. The molecule has 3 aromatic rings. The van der Waals surface area contributed by atoms with Crippen LogP contribution < -0.4 is 10.6 Å². The second kappa shape index (κ2) is 10.4. The predicted octanol–water partition coefficient (Wildman–Crippen LogP) is 5.46. The van der Waals surface area contributed by atoms with Crippen LogP contribution >= 0.6 is 27.5 Å². The van der Waals surface area contributed by atoms with Crippen molar-refractivity contribution >= 4 is 67.5 Å².